The van der Waals surface area contributed by atoms with Gasteiger partial charge in [-0.1, -0.05) is 62.7 Å². The minimum atomic E-state index is -0.389. The van der Waals surface area contributed by atoms with Crippen LogP contribution < -0.4 is 26.0 Å². The summed E-state index contributed by atoms with van der Waals surface area (Å²) in [6.07, 6.45) is 6.69. The molecule has 1 unspecified atom stereocenters. The molecular formula is C42H46N10O3. The number of piperidine rings is 1. The molecule has 6 aromatic rings. The summed E-state index contributed by atoms with van der Waals surface area (Å²) in [6, 6.07) is 24.9. The van der Waals surface area contributed by atoms with Crippen molar-refractivity contribution < 1.29 is 14.3 Å². The first-order chi connectivity index (χ1) is 26.5. The Morgan fingerprint density at radius 2 is 1.69 bits per heavy atom. The van der Waals surface area contributed by atoms with E-state index >= 15 is 0 Å². The van der Waals surface area contributed by atoms with Gasteiger partial charge in [0.25, 0.3) is 5.91 Å². The minimum absolute atomic E-state index is 0.105. The van der Waals surface area contributed by atoms with Gasteiger partial charge in [0.2, 0.25) is 0 Å². The number of fused-ring (bicyclic) bond motifs is 1. The topological polar surface area (TPSA) is 151 Å². The zero-order valence-electron chi connectivity index (χ0n) is 31.8. The molecule has 4 N–H and O–H groups in total. The first-order valence-corrected chi connectivity index (χ1v) is 18.4. The second-order valence-corrected chi connectivity index (χ2v) is 15.0. The molecule has 55 heavy (non-hydrogen) atoms. The summed E-state index contributed by atoms with van der Waals surface area (Å²) in [5, 5.41) is 18.8. The van der Waals surface area contributed by atoms with Crippen molar-refractivity contribution in [3.05, 3.63) is 120 Å². The number of nitrogens with one attached hydrogen (secondary N) is 4. The number of rotatable bonds is 10. The van der Waals surface area contributed by atoms with Crippen molar-refractivity contribution >= 4 is 45.9 Å². The maximum absolute atomic E-state index is 13.5. The van der Waals surface area contributed by atoms with Crippen molar-refractivity contribution in [1.82, 2.24) is 34.9 Å². The highest BCUT2D eigenvalue weighted by Crippen LogP contribution is 2.33. The van der Waals surface area contributed by atoms with Crippen LogP contribution in [0.2, 0.25) is 0 Å². The summed E-state index contributed by atoms with van der Waals surface area (Å²) >= 11 is 0. The van der Waals surface area contributed by atoms with E-state index in [1.54, 1.807) is 10.9 Å². The van der Waals surface area contributed by atoms with Gasteiger partial charge in [0, 0.05) is 41.0 Å². The highest BCUT2D eigenvalue weighted by molar-refractivity contribution is 6.07. The summed E-state index contributed by atoms with van der Waals surface area (Å²) in [5.74, 6) is 2.03. The van der Waals surface area contributed by atoms with Crippen LogP contribution in [-0.4, -0.2) is 67.7 Å². The largest absolute Gasteiger partial charge is 0.488 e. The molecule has 1 saturated heterocycles. The van der Waals surface area contributed by atoms with Gasteiger partial charge < -0.3 is 25.6 Å². The third-order valence-corrected chi connectivity index (χ3v) is 9.45. The number of anilines is 4. The van der Waals surface area contributed by atoms with Gasteiger partial charge in [-0.2, -0.15) is 5.10 Å². The highest BCUT2D eigenvalue weighted by atomic mass is 16.5. The van der Waals surface area contributed by atoms with E-state index in [4.69, 9.17) is 9.84 Å². The predicted molar refractivity (Wildman–Crippen MR) is 215 cm³/mol. The van der Waals surface area contributed by atoms with Crippen molar-refractivity contribution in [3.63, 3.8) is 0 Å². The molecule has 0 radical (unpaired) electrons. The van der Waals surface area contributed by atoms with Gasteiger partial charge in [0.15, 0.2) is 0 Å². The molecule has 13 nitrogen and oxygen atoms in total. The Labute approximate surface area is 320 Å². The third-order valence-electron chi connectivity index (χ3n) is 9.45. The number of urea groups is 1. The molecule has 0 spiro atoms. The van der Waals surface area contributed by atoms with Gasteiger partial charge >= 0.3 is 6.03 Å². The first-order valence-electron chi connectivity index (χ1n) is 18.4. The molecule has 1 fully saturated rings. The molecule has 7 rings (SSSR count). The number of hydrogen-bond acceptors (Lipinski definition) is 9. The number of pyridine rings is 1. The van der Waals surface area contributed by atoms with Crippen molar-refractivity contribution in [2.24, 2.45) is 0 Å². The van der Waals surface area contributed by atoms with Gasteiger partial charge in [0.1, 0.15) is 35.5 Å². The molecule has 13 heteroatoms. The fourth-order valence-corrected chi connectivity index (χ4v) is 6.47. The second kappa shape index (κ2) is 15.9. The van der Waals surface area contributed by atoms with Crippen molar-refractivity contribution in [3.8, 4) is 11.4 Å². The average Bonchev–Trinajstić information content (AvgIpc) is 3.59. The molecule has 0 bridgehead atoms. The Kier molecular flexibility index (Phi) is 10.7. The maximum atomic E-state index is 13.5. The second-order valence-electron chi connectivity index (χ2n) is 15.0. The van der Waals surface area contributed by atoms with Crippen LogP contribution in [0, 0.1) is 6.92 Å². The van der Waals surface area contributed by atoms with E-state index in [0.29, 0.717) is 28.9 Å². The standard InChI is InChI=1S/C42H46N10O3/c1-27-12-14-30(15-13-27)52-39(22-36(50-52)42(2,3)4)49-41(54)47-33-16-17-35(32-11-7-6-10-31(32)33)55-26-28-18-19-43-37(21-28)48-38-24-44-34(23-45-38)40(53)46-29-9-8-20-51(5)25-29/h6-7,10-19,21-24,29H,8-9,20,25-26H2,1-5H3,(H,46,53)(H,43,45,48)(H2,47,49,54). The molecule has 4 heterocycles. The minimum Gasteiger partial charge on any atom is -0.488 e. The lowest BCUT2D eigenvalue weighted by atomic mass is 9.92. The Morgan fingerprint density at radius 3 is 2.44 bits per heavy atom. The molecule has 3 aromatic carbocycles. The number of ether oxygens (including phenoxy) is 1. The number of amides is 3. The van der Waals surface area contributed by atoms with Gasteiger partial charge in [-0.3, -0.25) is 10.1 Å². The lowest BCUT2D eigenvalue weighted by Gasteiger charge is -2.30. The molecule has 3 aromatic heterocycles. The maximum Gasteiger partial charge on any atom is 0.324 e. The van der Waals surface area contributed by atoms with Crippen molar-refractivity contribution in [1.29, 1.82) is 0 Å². The third kappa shape index (κ3) is 9.07. The summed E-state index contributed by atoms with van der Waals surface area (Å²) in [5.41, 5.74) is 4.43. The van der Waals surface area contributed by atoms with E-state index in [0.717, 1.165) is 59.2 Å². The van der Waals surface area contributed by atoms with Crippen LogP contribution in [0.4, 0.5) is 27.9 Å². The Balaban J connectivity index is 0.998. The zero-order valence-corrected chi connectivity index (χ0v) is 31.8. The molecule has 282 valence electrons. The van der Waals surface area contributed by atoms with E-state index in [9.17, 15) is 9.59 Å². The molecule has 1 aliphatic rings. The molecule has 3 amide bonds. The monoisotopic (exact) mass is 738 g/mol. The molecule has 1 atom stereocenters. The molecule has 1 aliphatic heterocycles. The summed E-state index contributed by atoms with van der Waals surface area (Å²) in [7, 11) is 2.06. The van der Waals surface area contributed by atoms with Crippen molar-refractivity contribution in [2.45, 2.75) is 58.6 Å². The van der Waals surface area contributed by atoms with Crippen molar-refractivity contribution in [2.75, 3.05) is 36.1 Å². The van der Waals surface area contributed by atoms with Crippen LogP contribution in [0.1, 0.15) is 60.9 Å². The predicted octanol–water partition coefficient (Wildman–Crippen LogP) is 7.61. The summed E-state index contributed by atoms with van der Waals surface area (Å²) in [4.78, 5) is 41.6. The van der Waals surface area contributed by atoms with E-state index in [1.165, 1.54) is 12.4 Å². The smallest absolute Gasteiger partial charge is 0.324 e. The number of likely N-dealkylation sites (N-methyl/N-ethyl adjacent to an activating group) is 1. The van der Waals surface area contributed by atoms with Crippen LogP contribution in [0.15, 0.2) is 97.5 Å². The molecule has 0 saturated carbocycles. The molecular weight excluding hydrogens is 693 g/mol. The Bertz CT molecular complexity index is 2300. The fraction of sp³-hybridized carbons (Fsp3) is 0.286. The number of benzene rings is 3. The number of carbonyl (C=O) groups is 2. The normalized spacial score (nSPS) is 14.7. The SMILES string of the molecule is Cc1ccc(-n2nc(C(C)(C)C)cc2NC(=O)Nc2ccc(OCc3ccnc(Nc4cnc(C(=O)NC5CCCN(C)C5)cn4)c3)c3ccccc23)cc1. The number of carbonyl (C=O) groups excluding carboxylic acids is 2. The number of aryl methyl sites for hydroxylation is 1. The van der Waals surface area contributed by atoms with Crippen LogP contribution in [-0.2, 0) is 12.0 Å². The molecule has 0 aliphatic carbocycles. The van der Waals surface area contributed by atoms with Gasteiger partial charge in [-0.05, 0) is 75.3 Å². The van der Waals surface area contributed by atoms with Crippen LogP contribution in [0.25, 0.3) is 16.5 Å². The lowest BCUT2D eigenvalue weighted by Crippen LogP contribution is -2.46. The average molecular weight is 739 g/mol. The fourth-order valence-electron chi connectivity index (χ4n) is 6.47. The lowest BCUT2D eigenvalue weighted by molar-refractivity contribution is 0.0907. The number of nitrogens with zero attached hydrogens (tertiary/aromatic N) is 6. The number of hydrogen-bond donors (Lipinski definition) is 4. The van der Waals surface area contributed by atoms with Crippen LogP contribution in [0.3, 0.4) is 0 Å². The number of aromatic nitrogens is 5. The van der Waals surface area contributed by atoms with Gasteiger partial charge in [0.05, 0.1) is 29.5 Å². The number of likely N-dealkylation sites (tertiary alicyclic amines) is 1. The van der Waals surface area contributed by atoms with Crippen LogP contribution >= 0.6 is 0 Å². The zero-order chi connectivity index (χ0) is 38.5. The quantitative estimate of drug-likeness (QED) is 0.111. The van der Waals surface area contributed by atoms with E-state index in [2.05, 4.69) is 68.9 Å². The van der Waals surface area contributed by atoms with E-state index in [1.807, 2.05) is 85.8 Å². The summed E-state index contributed by atoms with van der Waals surface area (Å²) < 4.78 is 8.07. The van der Waals surface area contributed by atoms with Gasteiger partial charge in [-0.15, -0.1) is 0 Å². The van der Waals surface area contributed by atoms with E-state index in [-0.39, 0.29) is 35.7 Å². The van der Waals surface area contributed by atoms with Crippen LogP contribution in [0.5, 0.6) is 5.75 Å². The Hall–Kier alpha value is -6.34. The summed E-state index contributed by atoms with van der Waals surface area (Å²) in [6.45, 7) is 10.4. The highest BCUT2D eigenvalue weighted by Gasteiger charge is 2.23. The first kappa shape index (κ1) is 37.0. The Morgan fingerprint density at radius 1 is 0.891 bits per heavy atom. The van der Waals surface area contributed by atoms with Gasteiger partial charge in [-0.25, -0.2) is 24.4 Å². The van der Waals surface area contributed by atoms with E-state index < -0.39 is 0 Å².